The number of hydrogen-bond donors (Lipinski definition) is 0. The highest BCUT2D eigenvalue weighted by Crippen LogP contribution is 2.72. The van der Waals surface area contributed by atoms with Crippen LogP contribution in [-0.4, -0.2) is 0 Å². The molecule has 4 rings (SSSR count). The molecule has 0 amide bonds. The summed E-state index contributed by atoms with van der Waals surface area (Å²) >= 11 is 0. The lowest BCUT2D eigenvalue weighted by atomic mass is 9.41. The Bertz CT molecular complexity index is 628. The molecule has 29 heavy (non-hydrogen) atoms. The minimum Gasteiger partial charge on any atom is -0.0842 e. The molecule has 3 saturated carbocycles. The predicted molar refractivity (Wildman–Crippen MR) is 127 cm³/mol. The van der Waals surface area contributed by atoms with Crippen molar-refractivity contribution in [1.29, 1.82) is 0 Å². The van der Waals surface area contributed by atoms with E-state index in [-0.39, 0.29) is 0 Å². The van der Waals surface area contributed by atoms with Gasteiger partial charge in [0.25, 0.3) is 0 Å². The van der Waals surface area contributed by atoms with Gasteiger partial charge in [-0.15, -0.1) is 0 Å². The summed E-state index contributed by atoms with van der Waals surface area (Å²) in [7, 11) is 0. The second-order valence-corrected chi connectivity index (χ2v) is 13.3. The van der Waals surface area contributed by atoms with Gasteiger partial charge in [0, 0.05) is 0 Å². The average molecular weight is 399 g/mol. The van der Waals surface area contributed by atoms with Gasteiger partial charge in [0.15, 0.2) is 0 Å². The predicted octanol–water partition coefficient (Wildman–Crippen LogP) is 9.05. The highest BCUT2D eigenvalue weighted by molar-refractivity contribution is 5.27. The number of allylic oxidation sites excluding steroid dienone is 2. The zero-order valence-corrected chi connectivity index (χ0v) is 20.8. The van der Waals surface area contributed by atoms with Crippen LogP contribution >= 0.6 is 0 Å². The van der Waals surface area contributed by atoms with Crippen molar-refractivity contribution in [2.75, 3.05) is 0 Å². The summed E-state index contributed by atoms with van der Waals surface area (Å²) in [6.45, 7) is 18.0. The Morgan fingerprint density at radius 1 is 0.897 bits per heavy atom. The number of rotatable bonds is 5. The average Bonchev–Trinajstić information content (AvgIpc) is 3.00. The van der Waals surface area contributed by atoms with E-state index in [1.54, 1.807) is 0 Å². The van der Waals surface area contributed by atoms with Crippen molar-refractivity contribution < 1.29 is 0 Å². The third-order valence-corrected chi connectivity index (χ3v) is 11.1. The molecule has 8 atom stereocenters. The van der Waals surface area contributed by atoms with Crippen molar-refractivity contribution in [1.82, 2.24) is 0 Å². The lowest BCUT2D eigenvalue weighted by molar-refractivity contribution is -0.111. The molecular weight excluding hydrogens is 348 g/mol. The van der Waals surface area contributed by atoms with E-state index in [2.05, 4.69) is 54.5 Å². The lowest BCUT2D eigenvalue weighted by Crippen LogP contribution is -2.56. The first kappa shape index (κ1) is 22.0. The Hall–Kier alpha value is -0.260. The van der Waals surface area contributed by atoms with E-state index >= 15 is 0 Å². The Labute approximate surface area is 182 Å². The molecule has 0 aliphatic heterocycles. The van der Waals surface area contributed by atoms with E-state index in [1.807, 2.05) is 5.57 Å². The fourth-order valence-corrected chi connectivity index (χ4v) is 9.52. The summed E-state index contributed by atoms with van der Waals surface area (Å²) in [5.41, 5.74) is 3.53. The van der Waals surface area contributed by atoms with E-state index in [9.17, 15) is 0 Å². The Balaban J connectivity index is 1.55. The maximum atomic E-state index is 2.76. The minimum atomic E-state index is 0.516. The van der Waals surface area contributed by atoms with Gasteiger partial charge in [-0.2, -0.15) is 0 Å². The van der Waals surface area contributed by atoms with Crippen molar-refractivity contribution >= 4 is 0 Å². The summed E-state index contributed by atoms with van der Waals surface area (Å²) in [4.78, 5) is 0. The molecule has 0 saturated heterocycles. The van der Waals surface area contributed by atoms with Gasteiger partial charge in [-0.05, 0) is 103 Å². The van der Waals surface area contributed by atoms with Gasteiger partial charge in [-0.25, -0.2) is 0 Å². The first-order valence-electron chi connectivity index (χ1n) is 13.3. The second kappa shape index (κ2) is 7.70. The lowest BCUT2D eigenvalue weighted by Gasteiger charge is -2.63. The van der Waals surface area contributed by atoms with Crippen molar-refractivity contribution in [2.24, 2.45) is 51.8 Å². The topological polar surface area (TPSA) is 0 Å². The molecule has 0 bridgehead atoms. The van der Waals surface area contributed by atoms with Crippen LogP contribution in [0, 0.1) is 51.8 Å². The van der Waals surface area contributed by atoms with Crippen LogP contribution in [0.2, 0.25) is 0 Å². The molecule has 4 aliphatic rings. The fourth-order valence-electron chi connectivity index (χ4n) is 9.52. The minimum absolute atomic E-state index is 0.516. The summed E-state index contributed by atoms with van der Waals surface area (Å²) in [6, 6.07) is 0. The summed E-state index contributed by atoms with van der Waals surface area (Å²) in [5.74, 6) is 5.57. The molecule has 0 heteroatoms. The van der Waals surface area contributed by atoms with Crippen LogP contribution in [0.3, 0.4) is 0 Å². The zero-order valence-electron chi connectivity index (χ0n) is 20.8. The van der Waals surface area contributed by atoms with Gasteiger partial charge in [0.1, 0.15) is 0 Å². The highest BCUT2D eigenvalue weighted by atomic mass is 14.7. The Morgan fingerprint density at radius 2 is 1.66 bits per heavy atom. The van der Waals surface area contributed by atoms with Crippen LogP contribution in [0.25, 0.3) is 0 Å². The molecule has 0 spiro atoms. The van der Waals surface area contributed by atoms with Gasteiger partial charge in [0.2, 0.25) is 0 Å². The molecule has 0 aromatic heterocycles. The maximum Gasteiger partial charge on any atom is -0.00825 e. The summed E-state index contributed by atoms with van der Waals surface area (Å²) in [6.07, 6.45) is 18.8. The third kappa shape index (κ3) is 3.47. The normalized spacial score (nSPS) is 47.9. The van der Waals surface area contributed by atoms with Crippen molar-refractivity contribution in [3.05, 3.63) is 11.6 Å². The van der Waals surface area contributed by atoms with Crippen LogP contribution in [0.1, 0.15) is 119 Å². The second-order valence-electron chi connectivity index (χ2n) is 13.3. The van der Waals surface area contributed by atoms with E-state index in [4.69, 9.17) is 0 Å². The van der Waals surface area contributed by atoms with E-state index in [1.165, 1.54) is 70.6 Å². The maximum absolute atomic E-state index is 2.76. The van der Waals surface area contributed by atoms with Crippen LogP contribution in [0.15, 0.2) is 11.6 Å². The van der Waals surface area contributed by atoms with Crippen LogP contribution in [-0.2, 0) is 0 Å². The molecule has 8 unspecified atom stereocenters. The van der Waals surface area contributed by atoms with Crippen LogP contribution in [0.4, 0.5) is 0 Å². The standard InChI is InChI=1S/C29H50/c1-20(2)9-8-10-22(4)24-11-12-25-28(24,6)18-15-26-27(5)16-13-21(3)19-23(27)14-17-29(25,26)7/h14,20-22,24-26H,8-13,15-19H2,1-7H3. The molecule has 0 radical (unpaired) electrons. The van der Waals surface area contributed by atoms with E-state index in [0.29, 0.717) is 16.2 Å². The van der Waals surface area contributed by atoms with Crippen molar-refractivity contribution in [2.45, 2.75) is 119 Å². The van der Waals surface area contributed by atoms with Crippen molar-refractivity contribution in [3.8, 4) is 0 Å². The number of hydrogen-bond acceptors (Lipinski definition) is 0. The van der Waals surface area contributed by atoms with E-state index < -0.39 is 0 Å². The van der Waals surface area contributed by atoms with Crippen LogP contribution in [0.5, 0.6) is 0 Å². The molecule has 0 N–H and O–H groups in total. The molecule has 0 heterocycles. The van der Waals surface area contributed by atoms with Gasteiger partial charge in [-0.1, -0.05) is 79.4 Å². The van der Waals surface area contributed by atoms with Crippen molar-refractivity contribution in [3.63, 3.8) is 0 Å². The molecule has 0 aromatic rings. The number of fused-ring (bicyclic) bond motifs is 5. The molecule has 0 nitrogen and oxygen atoms in total. The molecule has 3 fully saturated rings. The van der Waals surface area contributed by atoms with Gasteiger partial charge >= 0.3 is 0 Å². The summed E-state index contributed by atoms with van der Waals surface area (Å²) in [5, 5.41) is 0. The first-order valence-corrected chi connectivity index (χ1v) is 13.3. The molecule has 4 aliphatic carbocycles. The Kier molecular flexibility index (Phi) is 5.83. The highest BCUT2D eigenvalue weighted by Gasteiger charge is 2.63. The fraction of sp³-hybridized carbons (Fsp3) is 0.931. The summed E-state index contributed by atoms with van der Waals surface area (Å²) < 4.78 is 0. The molecule has 0 aromatic carbocycles. The smallest absolute Gasteiger partial charge is 0.00825 e. The van der Waals surface area contributed by atoms with Gasteiger partial charge < -0.3 is 0 Å². The largest absolute Gasteiger partial charge is 0.0842 e. The third-order valence-electron chi connectivity index (χ3n) is 11.1. The molecular formula is C29H50. The monoisotopic (exact) mass is 398 g/mol. The Morgan fingerprint density at radius 3 is 2.38 bits per heavy atom. The van der Waals surface area contributed by atoms with Gasteiger partial charge in [-0.3, -0.25) is 0 Å². The van der Waals surface area contributed by atoms with E-state index in [0.717, 1.165) is 35.5 Å². The van der Waals surface area contributed by atoms with Crippen LogP contribution < -0.4 is 0 Å². The zero-order chi connectivity index (χ0) is 21.0. The quantitative estimate of drug-likeness (QED) is 0.405. The van der Waals surface area contributed by atoms with Gasteiger partial charge in [0.05, 0.1) is 0 Å². The first-order chi connectivity index (χ1) is 13.6. The SMILES string of the molecule is CC(C)CCCC(C)C1CCC2C1(C)CCC1C3(C)CCC(C)CC3=CCC12C. The molecule has 166 valence electrons.